The lowest BCUT2D eigenvalue weighted by Gasteiger charge is -2.17. The zero-order valence-electron chi connectivity index (χ0n) is 7.54. The first kappa shape index (κ1) is 11.8. The molecule has 15 heavy (non-hydrogen) atoms. The lowest BCUT2D eigenvalue weighted by Crippen LogP contribution is -2.22. The third-order valence-electron chi connectivity index (χ3n) is 1.92. The highest BCUT2D eigenvalue weighted by molar-refractivity contribution is 6.42. The SMILES string of the molecule is N#CCC(O)(C#N)c1ccc(Cl)c(Cl)c1. The topological polar surface area (TPSA) is 67.8 Å². The Morgan fingerprint density at radius 3 is 2.40 bits per heavy atom. The Morgan fingerprint density at radius 1 is 1.27 bits per heavy atom. The molecular formula is C10H6Cl2N2O. The maximum Gasteiger partial charge on any atom is 0.189 e. The number of rotatable bonds is 2. The van der Waals surface area contributed by atoms with Crippen LogP contribution in [-0.4, -0.2) is 5.11 Å². The maximum absolute atomic E-state index is 9.82. The van der Waals surface area contributed by atoms with Crippen molar-refractivity contribution in [2.75, 3.05) is 0 Å². The largest absolute Gasteiger partial charge is 0.371 e. The zero-order valence-corrected chi connectivity index (χ0v) is 9.05. The van der Waals surface area contributed by atoms with Crippen LogP contribution in [0.3, 0.4) is 0 Å². The molecule has 0 aromatic heterocycles. The average Bonchev–Trinajstić information content (AvgIpc) is 2.22. The molecular weight excluding hydrogens is 235 g/mol. The van der Waals surface area contributed by atoms with Gasteiger partial charge >= 0.3 is 0 Å². The molecule has 0 bridgehead atoms. The van der Waals surface area contributed by atoms with E-state index in [0.29, 0.717) is 5.02 Å². The summed E-state index contributed by atoms with van der Waals surface area (Å²) in [6.45, 7) is 0. The first-order chi connectivity index (χ1) is 7.03. The van der Waals surface area contributed by atoms with Gasteiger partial charge in [0, 0.05) is 5.56 Å². The van der Waals surface area contributed by atoms with Crippen LogP contribution < -0.4 is 0 Å². The number of halogens is 2. The van der Waals surface area contributed by atoms with Crippen molar-refractivity contribution in [3.8, 4) is 12.1 Å². The number of hydrogen-bond acceptors (Lipinski definition) is 3. The molecule has 1 aromatic rings. The van der Waals surface area contributed by atoms with Gasteiger partial charge in [-0.25, -0.2) is 0 Å². The van der Waals surface area contributed by atoms with Crippen molar-refractivity contribution >= 4 is 23.2 Å². The van der Waals surface area contributed by atoms with Crippen molar-refractivity contribution in [2.24, 2.45) is 0 Å². The molecule has 0 fully saturated rings. The third kappa shape index (κ3) is 2.40. The van der Waals surface area contributed by atoms with Crippen LogP contribution >= 0.6 is 23.2 Å². The Morgan fingerprint density at radius 2 is 1.93 bits per heavy atom. The van der Waals surface area contributed by atoms with E-state index in [4.69, 9.17) is 33.7 Å². The van der Waals surface area contributed by atoms with Gasteiger partial charge in [0.2, 0.25) is 0 Å². The minimum Gasteiger partial charge on any atom is -0.371 e. The molecule has 1 N–H and O–H groups in total. The van der Waals surface area contributed by atoms with Crippen LogP contribution in [0.25, 0.3) is 0 Å². The third-order valence-corrected chi connectivity index (χ3v) is 2.66. The van der Waals surface area contributed by atoms with Crippen molar-refractivity contribution < 1.29 is 5.11 Å². The molecule has 1 unspecified atom stereocenters. The van der Waals surface area contributed by atoms with Gasteiger partial charge in [0.15, 0.2) is 5.60 Å². The van der Waals surface area contributed by atoms with Gasteiger partial charge in [-0.3, -0.25) is 0 Å². The minimum absolute atomic E-state index is 0.237. The van der Waals surface area contributed by atoms with Crippen molar-refractivity contribution in [1.29, 1.82) is 10.5 Å². The van der Waals surface area contributed by atoms with Crippen molar-refractivity contribution in [3.05, 3.63) is 33.8 Å². The lowest BCUT2D eigenvalue weighted by atomic mass is 9.93. The molecule has 0 aliphatic heterocycles. The van der Waals surface area contributed by atoms with Gasteiger partial charge in [-0.05, 0) is 12.1 Å². The van der Waals surface area contributed by atoms with E-state index < -0.39 is 5.60 Å². The molecule has 0 amide bonds. The summed E-state index contributed by atoms with van der Waals surface area (Å²) in [5.41, 5.74) is -1.57. The lowest BCUT2D eigenvalue weighted by molar-refractivity contribution is 0.103. The van der Waals surface area contributed by atoms with Crippen molar-refractivity contribution in [1.82, 2.24) is 0 Å². The van der Waals surface area contributed by atoms with Crippen LogP contribution in [0.15, 0.2) is 18.2 Å². The molecule has 0 saturated heterocycles. The number of aliphatic hydroxyl groups is 1. The van der Waals surface area contributed by atoms with Crippen LogP contribution in [-0.2, 0) is 5.60 Å². The molecule has 1 rings (SSSR count). The number of hydrogen-bond donors (Lipinski definition) is 1. The fraction of sp³-hybridized carbons (Fsp3) is 0.200. The predicted octanol–water partition coefficient (Wildman–Crippen LogP) is 2.62. The van der Waals surface area contributed by atoms with Crippen LogP contribution in [0.2, 0.25) is 10.0 Å². The summed E-state index contributed by atoms with van der Waals surface area (Å²) in [6.07, 6.45) is -0.318. The van der Waals surface area contributed by atoms with E-state index >= 15 is 0 Å². The average molecular weight is 241 g/mol. The monoisotopic (exact) mass is 240 g/mol. The second-order valence-corrected chi connectivity index (χ2v) is 3.75. The second kappa shape index (κ2) is 4.51. The van der Waals surface area contributed by atoms with Crippen molar-refractivity contribution in [3.63, 3.8) is 0 Å². The molecule has 1 atom stereocenters. The van der Waals surface area contributed by atoms with Gasteiger partial charge in [0.05, 0.1) is 22.5 Å². The zero-order chi connectivity index (χ0) is 11.5. The molecule has 0 spiro atoms. The molecule has 0 heterocycles. The summed E-state index contributed by atoms with van der Waals surface area (Å²) in [5.74, 6) is 0. The highest BCUT2D eigenvalue weighted by Gasteiger charge is 2.29. The molecule has 0 saturated carbocycles. The molecule has 0 aliphatic carbocycles. The quantitative estimate of drug-likeness (QED) is 0.809. The summed E-state index contributed by atoms with van der Waals surface area (Å²) < 4.78 is 0. The Balaban J connectivity index is 3.21. The van der Waals surface area contributed by atoms with E-state index in [1.165, 1.54) is 18.2 Å². The van der Waals surface area contributed by atoms with E-state index in [-0.39, 0.29) is 17.0 Å². The fourth-order valence-corrected chi connectivity index (χ4v) is 1.37. The number of nitrogens with zero attached hydrogens (tertiary/aromatic N) is 2. The normalized spacial score (nSPS) is 13.7. The van der Waals surface area contributed by atoms with Gasteiger partial charge in [-0.1, -0.05) is 29.3 Å². The Labute approximate surface area is 97.1 Å². The fourth-order valence-electron chi connectivity index (χ4n) is 1.07. The highest BCUT2D eigenvalue weighted by Crippen LogP contribution is 2.30. The molecule has 3 nitrogen and oxygen atoms in total. The predicted molar refractivity (Wildman–Crippen MR) is 56.2 cm³/mol. The van der Waals surface area contributed by atoms with Gasteiger partial charge in [0.25, 0.3) is 0 Å². The standard InChI is InChI=1S/C10H6Cl2N2O/c11-8-2-1-7(5-9(8)12)10(15,6-14)3-4-13/h1-2,5,15H,3H2. The summed E-state index contributed by atoms with van der Waals surface area (Å²) in [4.78, 5) is 0. The van der Waals surface area contributed by atoms with E-state index in [9.17, 15) is 5.11 Å². The van der Waals surface area contributed by atoms with E-state index in [1.54, 1.807) is 12.1 Å². The molecule has 5 heteroatoms. The van der Waals surface area contributed by atoms with E-state index in [2.05, 4.69) is 0 Å². The van der Waals surface area contributed by atoms with Gasteiger partial charge in [0.1, 0.15) is 6.07 Å². The molecule has 76 valence electrons. The molecule has 0 aliphatic rings. The maximum atomic E-state index is 9.82. The summed E-state index contributed by atoms with van der Waals surface area (Å²) in [7, 11) is 0. The smallest absolute Gasteiger partial charge is 0.189 e. The summed E-state index contributed by atoms with van der Waals surface area (Å²) in [6, 6.07) is 7.73. The first-order valence-electron chi connectivity index (χ1n) is 3.99. The van der Waals surface area contributed by atoms with Gasteiger partial charge in [-0.2, -0.15) is 10.5 Å². The van der Waals surface area contributed by atoms with Gasteiger partial charge in [-0.15, -0.1) is 0 Å². The molecule has 0 radical (unpaired) electrons. The summed E-state index contributed by atoms with van der Waals surface area (Å²) in [5, 5.41) is 27.7. The number of nitriles is 2. The highest BCUT2D eigenvalue weighted by atomic mass is 35.5. The van der Waals surface area contributed by atoms with Crippen LogP contribution in [0.1, 0.15) is 12.0 Å². The van der Waals surface area contributed by atoms with Crippen LogP contribution in [0.5, 0.6) is 0 Å². The second-order valence-electron chi connectivity index (χ2n) is 2.94. The Bertz CT molecular complexity index is 461. The van der Waals surface area contributed by atoms with Crippen LogP contribution in [0, 0.1) is 22.7 Å². The summed E-state index contributed by atoms with van der Waals surface area (Å²) >= 11 is 11.4. The van der Waals surface area contributed by atoms with E-state index in [0.717, 1.165) is 0 Å². The number of benzene rings is 1. The Kier molecular flexibility index (Phi) is 3.55. The van der Waals surface area contributed by atoms with Crippen molar-refractivity contribution in [2.45, 2.75) is 12.0 Å². The Hall–Kier alpha value is -1.26. The minimum atomic E-state index is -1.83. The van der Waals surface area contributed by atoms with E-state index in [1.807, 2.05) is 0 Å². The van der Waals surface area contributed by atoms with Gasteiger partial charge < -0.3 is 5.11 Å². The molecule has 1 aromatic carbocycles. The first-order valence-corrected chi connectivity index (χ1v) is 4.75. The van der Waals surface area contributed by atoms with Crippen LogP contribution in [0.4, 0.5) is 0 Å².